The number of nitrogens with zero attached hydrogens (tertiary/aromatic N) is 4. The average Bonchev–Trinajstić information content (AvgIpc) is 3.46. The second-order valence-corrected chi connectivity index (χ2v) is 10.7. The number of piperazine rings is 1. The summed E-state index contributed by atoms with van der Waals surface area (Å²) in [5.41, 5.74) is 2.38. The van der Waals surface area contributed by atoms with Gasteiger partial charge in [0.15, 0.2) is 5.76 Å². The van der Waals surface area contributed by atoms with Crippen molar-refractivity contribution >= 4 is 44.8 Å². The van der Waals surface area contributed by atoms with E-state index in [0.717, 1.165) is 58.5 Å². The summed E-state index contributed by atoms with van der Waals surface area (Å²) in [5, 5.41) is 16.7. The Kier molecular flexibility index (Phi) is 7.57. The van der Waals surface area contributed by atoms with Gasteiger partial charge in [0.25, 0.3) is 0 Å². The van der Waals surface area contributed by atoms with Crippen LogP contribution in [0.3, 0.4) is 0 Å². The smallest absolute Gasteiger partial charge is 0.151 e. The van der Waals surface area contributed by atoms with E-state index >= 15 is 0 Å². The zero-order valence-corrected chi connectivity index (χ0v) is 21.6. The normalized spacial score (nSPS) is 16.1. The number of aromatic nitrogens is 2. The van der Waals surface area contributed by atoms with Crippen molar-refractivity contribution in [3.63, 3.8) is 0 Å². The van der Waals surface area contributed by atoms with Crippen molar-refractivity contribution in [2.45, 2.75) is 19.6 Å². The number of hydrogen-bond donors (Lipinski definition) is 1. The minimum Gasteiger partial charge on any atom is -0.491 e. The van der Waals surface area contributed by atoms with Gasteiger partial charge < -0.3 is 14.4 Å². The third-order valence-corrected chi connectivity index (χ3v) is 7.78. The standard InChI is InChI=1S/C25H26Cl2N4O3S/c1-16-28-23-11-18(5-6-24(23)35-16)33-15-17(32)13-30-7-9-31(10-8-30)14-19-12-22(29-34-19)20-3-2-4-21(26)25(20)27/h2-6,11-12,17,32H,7-10,13-15H2,1H3/t17-/m1/s1. The van der Waals surface area contributed by atoms with Crippen LogP contribution in [-0.4, -0.2) is 70.5 Å². The minimum atomic E-state index is -0.561. The van der Waals surface area contributed by atoms with E-state index < -0.39 is 6.10 Å². The van der Waals surface area contributed by atoms with Gasteiger partial charge in [-0.1, -0.05) is 40.5 Å². The van der Waals surface area contributed by atoms with E-state index in [1.807, 2.05) is 43.3 Å². The zero-order chi connectivity index (χ0) is 24.4. The molecule has 2 aromatic heterocycles. The summed E-state index contributed by atoms with van der Waals surface area (Å²) in [5.74, 6) is 1.52. The van der Waals surface area contributed by atoms with Crippen LogP contribution in [0.5, 0.6) is 5.75 Å². The quantitative estimate of drug-likeness (QED) is 0.337. The maximum atomic E-state index is 10.5. The Bertz CT molecular complexity index is 1300. The van der Waals surface area contributed by atoms with Crippen LogP contribution in [-0.2, 0) is 6.54 Å². The Morgan fingerprint density at radius 2 is 1.91 bits per heavy atom. The first-order chi connectivity index (χ1) is 16.9. The van der Waals surface area contributed by atoms with Crippen LogP contribution in [0.4, 0.5) is 0 Å². The summed E-state index contributed by atoms with van der Waals surface area (Å²) < 4.78 is 12.5. The van der Waals surface area contributed by atoms with Crippen LogP contribution < -0.4 is 4.74 Å². The van der Waals surface area contributed by atoms with E-state index in [1.54, 1.807) is 17.4 Å². The van der Waals surface area contributed by atoms with Gasteiger partial charge in [-0.25, -0.2) is 4.98 Å². The number of thiazole rings is 1. The molecule has 1 fully saturated rings. The summed E-state index contributed by atoms with van der Waals surface area (Å²) in [7, 11) is 0. The van der Waals surface area contributed by atoms with Crippen LogP contribution >= 0.6 is 34.5 Å². The molecule has 0 amide bonds. The first kappa shape index (κ1) is 24.5. The minimum absolute atomic E-state index is 0.252. The molecular formula is C25H26Cl2N4O3S. The molecule has 7 nitrogen and oxygen atoms in total. The van der Waals surface area contributed by atoms with Crippen LogP contribution in [0.25, 0.3) is 21.5 Å². The van der Waals surface area contributed by atoms with E-state index in [1.165, 1.54) is 0 Å². The number of rotatable bonds is 8. The number of ether oxygens (including phenoxy) is 1. The van der Waals surface area contributed by atoms with Gasteiger partial charge in [0, 0.05) is 50.4 Å². The van der Waals surface area contributed by atoms with Gasteiger partial charge in [0.05, 0.1) is 31.8 Å². The molecule has 5 rings (SSSR count). The van der Waals surface area contributed by atoms with Crippen molar-refractivity contribution in [1.82, 2.24) is 19.9 Å². The number of β-amino-alcohol motifs (C(OH)–C–C–N with tert-alkyl or cyclic N) is 1. The molecule has 1 aliphatic heterocycles. The number of fused-ring (bicyclic) bond motifs is 1. The lowest BCUT2D eigenvalue weighted by atomic mass is 10.1. The average molecular weight is 533 g/mol. The zero-order valence-electron chi connectivity index (χ0n) is 19.3. The van der Waals surface area contributed by atoms with Crippen LogP contribution in [0.1, 0.15) is 10.8 Å². The van der Waals surface area contributed by atoms with Crippen LogP contribution in [0, 0.1) is 6.92 Å². The molecule has 10 heteroatoms. The van der Waals surface area contributed by atoms with Gasteiger partial charge in [-0.2, -0.15) is 0 Å². The van der Waals surface area contributed by atoms with Crippen molar-refractivity contribution in [2.24, 2.45) is 0 Å². The second-order valence-electron chi connectivity index (χ2n) is 8.68. The maximum Gasteiger partial charge on any atom is 0.151 e. The van der Waals surface area contributed by atoms with Crippen molar-refractivity contribution in [2.75, 3.05) is 39.3 Å². The molecule has 1 aliphatic rings. The van der Waals surface area contributed by atoms with Crippen LogP contribution in [0.15, 0.2) is 47.0 Å². The summed E-state index contributed by atoms with van der Waals surface area (Å²) in [4.78, 5) is 9.07. The van der Waals surface area contributed by atoms with Crippen molar-refractivity contribution in [3.05, 3.63) is 63.3 Å². The SMILES string of the molecule is Cc1nc2cc(OC[C@H](O)CN3CCN(Cc4cc(-c5cccc(Cl)c5Cl)no4)CC3)ccc2s1. The first-order valence-electron chi connectivity index (χ1n) is 11.5. The molecule has 4 aromatic rings. The Balaban J connectivity index is 1.07. The Hall–Kier alpha value is -2.20. The molecule has 35 heavy (non-hydrogen) atoms. The Morgan fingerprint density at radius 3 is 2.74 bits per heavy atom. The molecule has 3 heterocycles. The highest BCUT2D eigenvalue weighted by molar-refractivity contribution is 7.18. The van der Waals surface area contributed by atoms with E-state index in [-0.39, 0.29) is 6.61 Å². The van der Waals surface area contributed by atoms with E-state index in [4.69, 9.17) is 32.5 Å². The summed E-state index contributed by atoms with van der Waals surface area (Å²) in [6.45, 7) is 6.97. The predicted molar refractivity (Wildman–Crippen MR) is 140 cm³/mol. The fraction of sp³-hybridized carbons (Fsp3) is 0.360. The Labute approximate surface area is 217 Å². The number of hydrogen-bond acceptors (Lipinski definition) is 8. The molecule has 0 aliphatic carbocycles. The highest BCUT2D eigenvalue weighted by Gasteiger charge is 2.21. The molecule has 0 unspecified atom stereocenters. The number of halogens is 2. The maximum absolute atomic E-state index is 10.5. The van der Waals surface area contributed by atoms with E-state index in [9.17, 15) is 5.11 Å². The molecule has 2 aromatic carbocycles. The molecule has 0 spiro atoms. The molecule has 0 bridgehead atoms. The summed E-state index contributed by atoms with van der Waals surface area (Å²) in [6, 6.07) is 13.3. The highest BCUT2D eigenvalue weighted by Crippen LogP contribution is 2.33. The predicted octanol–water partition coefficient (Wildman–Crippen LogP) is 5.12. The van der Waals surface area contributed by atoms with Gasteiger partial charge in [-0.05, 0) is 25.1 Å². The fourth-order valence-electron chi connectivity index (χ4n) is 4.22. The lowest BCUT2D eigenvalue weighted by Gasteiger charge is -2.35. The fourth-order valence-corrected chi connectivity index (χ4v) is 5.43. The van der Waals surface area contributed by atoms with E-state index in [0.29, 0.717) is 28.8 Å². The van der Waals surface area contributed by atoms with Crippen molar-refractivity contribution in [3.8, 4) is 17.0 Å². The molecule has 1 saturated heterocycles. The van der Waals surface area contributed by atoms with Crippen LogP contribution in [0.2, 0.25) is 10.0 Å². The number of benzene rings is 2. The monoisotopic (exact) mass is 532 g/mol. The molecular weight excluding hydrogens is 507 g/mol. The van der Waals surface area contributed by atoms with Gasteiger partial charge in [-0.15, -0.1) is 11.3 Å². The topological polar surface area (TPSA) is 74.9 Å². The number of aliphatic hydroxyl groups excluding tert-OH is 1. The van der Waals surface area contributed by atoms with Gasteiger partial charge in [0.2, 0.25) is 0 Å². The Morgan fingerprint density at radius 1 is 1.11 bits per heavy atom. The number of aliphatic hydroxyl groups is 1. The summed E-state index contributed by atoms with van der Waals surface area (Å²) >= 11 is 14.1. The third-order valence-electron chi connectivity index (χ3n) is 6.01. The summed E-state index contributed by atoms with van der Waals surface area (Å²) in [6.07, 6.45) is -0.561. The lowest BCUT2D eigenvalue weighted by molar-refractivity contribution is 0.0430. The largest absolute Gasteiger partial charge is 0.491 e. The van der Waals surface area contributed by atoms with Crippen molar-refractivity contribution in [1.29, 1.82) is 0 Å². The van der Waals surface area contributed by atoms with Gasteiger partial charge in [0.1, 0.15) is 24.2 Å². The molecule has 0 radical (unpaired) electrons. The highest BCUT2D eigenvalue weighted by atomic mass is 35.5. The molecule has 1 N–H and O–H groups in total. The van der Waals surface area contributed by atoms with Gasteiger partial charge in [-0.3, -0.25) is 9.80 Å². The number of aryl methyl sites for hydroxylation is 1. The van der Waals surface area contributed by atoms with Crippen molar-refractivity contribution < 1.29 is 14.4 Å². The third kappa shape index (κ3) is 5.97. The molecule has 1 atom stereocenters. The molecule has 0 saturated carbocycles. The molecule has 184 valence electrons. The van der Waals surface area contributed by atoms with Gasteiger partial charge >= 0.3 is 0 Å². The first-order valence-corrected chi connectivity index (χ1v) is 13.0. The lowest BCUT2D eigenvalue weighted by Crippen LogP contribution is -2.48. The van der Waals surface area contributed by atoms with E-state index in [2.05, 4.69) is 19.9 Å². The second kappa shape index (κ2) is 10.8.